The van der Waals surface area contributed by atoms with Gasteiger partial charge in [-0.1, -0.05) is 0 Å². The molecule has 2 aliphatic rings. The van der Waals surface area contributed by atoms with Gasteiger partial charge < -0.3 is 9.30 Å². The summed E-state index contributed by atoms with van der Waals surface area (Å²) in [5, 5.41) is 0. The van der Waals surface area contributed by atoms with Crippen LogP contribution in [0.3, 0.4) is 0 Å². The molecule has 1 saturated carbocycles. The first-order valence-electron chi connectivity index (χ1n) is 7.38. The van der Waals surface area contributed by atoms with Crippen molar-refractivity contribution in [1.29, 1.82) is 0 Å². The maximum atomic E-state index is 5.99. The Kier molecular flexibility index (Phi) is 3.15. The highest BCUT2D eigenvalue weighted by atomic mass is 35.5. The molecule has 4 rings (SSSR count). The number of imidazole rings is 1. The van der Waals surface area contributed by atoms with Gasteiger partial charge in [0.1, 0.15) is 11.3 Å². The molecule has 2 atom stereocenters. The summed E-state index contributed by atoms with van der Waals surface area (Å²) in [6.07, 6.45) is 6.61. The lowest BCUT2D eigenvalue weighted by atomic mass is 10.1. The van der Waals surface area contributed by atoms with Gasteiger partial charge in [0.25, 0.3) is 0 Å². The number of pyridine rings is 1. The fraction of sp³-hybridized carbons (Fsp3) is 0.600. The van der Waals surface area contributed by atoms with Crippen LogP contribution in [0.4, 0.5) is 0 Å². The number of aromatic nitrogens is 3. The van der Waals surface area contributed by atoms with Crippen LogP contribution in [0.5, 0.6) is 0 Å². The lowest BCUT2D eigenvalue weighted by Crippen LogP contribution is -2.24. The van der Waals surface area contributed by atoms with Gasteiger partial charge in [0.15, 0.2) is 5.65 Å². The molecule has 2 aromatic heterocycles. The number of fused-ring (bicyclic) bond motifs is 1. The number of hydrogen-bond donors (Lipinski definition) is 0. The van der Waals surface area contributed by atoms with Crippen molar-refractivity contribution in [1.82, 2.24) is 14.5 Å². The van der Waals surface area contributed by atoms with Crippen molar-refractivity contribution in [3.05, 3.63) is 24.2 Å². The Labute approximate surface area is 123 Å². The quantitative estimate of drug-likeness (QED) is 0.813. The summed E-state index contributed by atoms with van der Waals surface area (Å²) in [5.74, 6) is 2.37. The van der Waals surface area contributed by atoms with Crippen LogP contribution < -0.4 is 0 Å². The molecule has 20 heavy (non-hydrogen) atoms. The Morgan fingerprint density at radius 1 is 1.35 bits per heavy atom. The zero-order valence-electron chi connectivity index (χ0n) is 11.3. The van der Waals surface area contributed by atoms with Crippen LogP contribution in [0.15, 0.2) is 18.3 Å². The maximum absolute atomic E-state index is 5.99. The van der Waals surface area contributed by atoms with Crippen molar-refractivity contribution in [2.24, 2.45) is 5.92 Å². The normalized spacial score (nSPS) is 26.4. The van der Waals surface area contributed by atoms with Crippen LogP contribution in [0, 0.1) is 5.92 Å². The van der Waals surface area contributed by atoms with Crippen molar-refractivity contribution in [2.75, 3.05) is 12.5 Å². The van der Waals surface area contributed by atoms with Crippen LogP contribution in [-0.2, 0) is 11.2 Å². The number of rotatable bonds is 4. The predicted octanol–water partition coefficient (Wildman–Crippen LogP) is 2.95. The molecule has 0 spiro atoms. The minimum atomic E-state index is 0.337. The summed E-state index contributed by atoms with van der Waals surface area (Å²) in [6, 6.07) is 4.34. The molecule has 0 N–H and O–H groups in total. The molecular formula is C15H18ClN3O. The van der Waals surface area contributed by atoms with E-state index in [0.29, 0.717) is 18.0 Å². The van der Waals surface area contributed by atoms with Crippen molar-refractivity contribution >= 4 is 22.8 Å². The average molecular weight is 292 g/mol. The number of ether oxygens (including phenoxy) is 1. The Morgan fingerprint density at radius 3 is 3.05 bits per heavy atom. The van der Waals surface area contributed by atoms with E-state index in [2.05, 4.69) is 9.55 Å². The molecular weight excluding hydrogens is 274 g/mol. The predicted molar refractivity (Wildman–Crippen MR) is 78.1 cm³/mol. The second-order valence-corrected chi connectivity index (χ2v) is 6.09. The summed E-state index contributed by atoms with van der Waals surface area (Å²) < 4.78 is 8.29. The van der Waals surface area contributed by atoms with Gasteiger partial charge in [0.05, 0.1) is 12.1 Å². The third-order valence-electron chi connectivity index (χ3n) is 4.36. The standard InChI is InChI=1S/C15H18ClN3O/c16-7-5-13-18-11-2-1-8-17-15(11)19(13)12-6-9-20-14(12)10-3-4-10/h1-2,8,10,12,14H,3-7,9H2. The largest absolute Gasteiger partial charge is 0.376 e. The van der Waals surface area contributed by atoms with Gasteiger partial charge in [0, 0.05) is 25.1 Å². The van der Waals surface area contributed by atoms with Crippen molar-refractivity contribution in [3.63, 3.8) is 0 Å². The van der Waals surface area contributed by atoms with Crippen LogP contribution in [0.1, 0.15) is 31.1 Å². The summed E-state index contributed by atoms with van der Waals surface area (Å²) in [6.45, 7) is 0.846. The molecule has 1 saturated heterocycles. The van der Waals surface area contributed by atoms with Crippen LogP contribution in [0.2, 0.25) is 0 Å². The average Bonchev–Trinajstić information content (AvgIpc) is 3.08. The maximum Gasteiger partial charge on any atom is 0.160 e. The van der Waals surface area contributed by atoms with Gasteiger partial charge in [-0.3, -0.25) is 0 Å². The molecule has 106 valence electrons. The first-order chi connectivity index (χ1) is 9.88. The Hall–Kier alpha value is -1.13. The van der Waals surface area contributed by atoms with Crippen LogP contribution >= 0.6 is 11.6 Å². The zero-order chi connectivity index (χ0) is 13.5. The number of alkyl halides is 1. The van der Waals surface area contributed by atoms with Crippen LogP contribution in [0.25, 0.3) is 11.2 Å². The molecule has 2 fully saturated rings. The van der Waals surface area contributed by atoms with Gasteiger partial charge in [0.2, 0.25) is 0 Å². The van der Waals surface area contributed by atoms with E-state index in [1.807, 2.05) is 18.3 Å². The third kappa shape index (κ3) is 2.02. The second kappa shape index (κ2) is 5.01. The van der Waals surface area contributed by atoms with Crippen molar-refractivity contribution in [3.8, 4) is 0 Å². The fourth-order valence-electron chi connectivity index (χ4n) is 3.34. The molecule has 2 aromatic rings. The molecule has 0 aromatic carbocycles. The van der Waals surface area contributed by atoms with Crippen LogP contribution in [-0.4, -0.2) is 33.1 Å². The lowest BCUT2D eigenvalue weighted by molar-refractivity contribution is 0.0752. The molecule has 1 aliphatic carbocycles. The molecule has 4 nitrogen and oxygen atoms in total. The van der Waals surface area contributed by atoms with E-state index >= 15 is 0 Å². The number of hydrogen-bond acceptors (Lipinski definition) is 3. The molecule has 0 amide bonds. The summed E-state index contributed by atoms with van der Waals surface area (Å²) in [4.78, 5) is 9.27. The fourth-order valence-corrected chi connectivity index (χ4v) is 3.51. The lowest BCUT2D eigenvalue weighted by Gasteiger charge is -2.21. The smallest absolute Gasteiger partial charge is 0.160 e. The molecule has 1 aliphatic heterocycles. The highest BCUT2D eigenvalue weighted by Crippen LogP contribution is 2.44. The number of aryl methyl sites for hydroxylation is 1. The Bertz CT molecular complexity index is 623. The topological polar surface area (TPSA) is 39.9 Å². The van der Waals surface area contributed by atoms with Gasteiger partial charge in [-0.15, -0.1) is 11.6 Å². The molecule has 2 unspecified atom stereocenters. The van der Waals surface area contributed by atoms with E-state index in [1.165, 1.54) is 12.8 Å². The number of nitrogens with zero attached hydrogens (tertiary/aromatic N) is 3. The zero-order valence-corrected chi connectivity index (χ0v) is 12.1. The van der Waals surface area contributed by atoms with E-state index in [1.54, 1.807) is 0 Å². The molecule has 3 heterocycles. The summed E-state index contributed by atoms with van der Waals surface area (Å²) in [5.41, 5.74) is 1.95. The second-order valence-electron chi connectivity index (χ2n) is 5.71. The summed E-state index contributed by atoms with van der Waals surface area (Å²) >= 11 is 5.95. The Balaban J connectivity index is 1.81. The highest BCUT2D eigenvalue weighted by Gasteiger charge is 2.42. The summed E-state index contributed by atoms with van der Waals surface area (Å²) in [7, 11) is 0. The van der Waals surface area contributed by atoms with E-state index in [-0.39, 0.29) is 0 Å². The van der Waals surface area contributed by atoms with E-state index in [9.17, 15) is 0 Å². The van der Waals surface area contributed by atoms with Crippen molar-refractivity contribution < 1.29 is 4.74 Å². The van der Waals surface area contributed by atoms with Gasteiger partial charge >= 0.3 is 0 Å². The number of halogens is 1. The SMILES string of the molecule is ClCCc1nc2cccnc2n1C1CCOC1C1CC1. The minimum absolute atomic E-state index is 0.337. The van der Waals surface area contributed by atoms with Gasteiger partial charge in [-0.25, -0.2) is 9.97 Å². The minimum Gasteiger partial charge on any atom is -0.376 e. The monoisotopic (exact) mass is 291 g/mol. The van der Waals surface area contributed by atoms with Crippen molar-refractivity contribution in [2.45, 2.75) is 37.8 Å². The first kappa shape index (κ1) is 12.6. The molecule has 0 radical (unpaired) electrons. The van der Waals surface area contributed by atoms with E-state index in [4.69, 9.17) is 21.3 Å². The third-order valence-corrected chi connectivity index (χ3v) is 4.55. The van der Waals surface area contributed by atoms with Gasteiger partial charge in [-0.05, 0) is 37.3 Å². The van der Waals surface area contributed by atoms with E-state index < -0.39 is 0 Å². The molecule has 5 heteroatoms. The Morgan fingerprint density at radius 2 is 2.25 bits per heavy atom. The van der Waals surface area contributed by atoms with Gasteiger partial charge in [-0.2, -0.15) is 0 Å². The highest BCUT2D eigenvalue weighted by molar-refractivity contribution is 6.17. The molecule has 0 bridgehead atoms. The van der Waals surface area contributed by atoms with E-state index in [0.717, 1.165) is 42.4 Å². The first-order valence-corrected chi connectivity index (χ1v) is 7.91.